The molecule has 0 aliphatic carbocycles. The monoisotopic (exact) mass is 423 g/mol. The Kier molecular flexibility index (Phi) is 8.47. The van der Waals surface area contributed by atoms with Crippen LogP contribution in [-0.2, 0) is 11.2 Å². The third kappa shape index (κ3) is 6.82. The van der Waals surface area contributed by atoms with E-state index in [9.17, 15) is 9.59 Å². The fraction of sp³-hybridized carbons (Fsp3) is 0.440. The van der Waals surface area contributed by atoms with Crippen LogP contribution in [0.1, 0.15) is 28.8 Å². The molecule has 166 valence electrons. The average molecular weight is 424 g/mol. The van der Waals surface area contributed by atoms with Crippen molar-refractivity contribution in [2.24, 2.45) is 0 Å². The van der Waals surface area contributed by atoms with Crippen LogP contribution < -0.4 is 4.74 Å². The normalized spacial score (nSPS) is 14.0. The number of nitrogens with zero attached hydrogens (tertiary/aromatic N) is 3. The highest BCUT2D eigenvalue weighted by Crippen LogP contribution is 2.21. The van der Waals surface area contributed by atoms with Crippen molar-refractivity contribution < 1.29 is 14.3 Å². The molecular formula is C25H33N3O3. The van der Waals surface area contributed by atoms with E-state index in [4.69, 9.17) is 4.74 Å². The third-order valence-corrected chi connectivity index (χ3v) is 5.53. The molecule has 2 aromatic carbocycles. The lowest BCUT2D eigenvalue weighted by molar-refractivity contribution is -0.132. The predicted molar refractivity (Wildman–Crippen MR) is 122 cm³/mol. The van der Waals surface area contributed by atoms with Gasteiger partial charge < -0.3 is 19.4 Å². The fourth-order valence-corrected chi connectivity index (χ4v) is 3.68. The summed E-state index contributed by atoms with van der Waals surface area (Å²) in [7, 11) is 3.98. The van der Waals surface area contributed by atoms with Crippen molar-refractivity contribution in [3.05, 3.63) is 65.7 Å². The smallest absolute Gasteiger partial charge is 0.257 e. The number of rotatable bonds is 9. The van der Waals surface area contributed by atoms with Gasteiger partial charge in [0.15, 0.2) is 0 Å². The first-order valence-electron chi connectivity index (χ1n) is 11.0. The molecule has 0 N–H and O–H groups in total. The van der Waals surface area contributed by atoms with Crippen molar-refractivity contribution in [3.63, 3.8) is 0 Å². The van der Waals surface area contributed by atoms with Crippen molar-refractivity contribution in [2.45, 2.75) is 19.3 Å². The molecule has 1 saturated heterocycles. The second-order valence-corrected chi connectivity index (χ2v) is 8.16. The van der Waals surface area contributed by atoms with Gasteiger partial charge in [-0.25, -0.2) is 0 Å². The standard InChI is InChI=1S/C25H33N3O3/c1-26(2)19-20-31-23-13-7-6-12-22(23)25(30)28-17-15-27(16-18-28)24(29)14-8-11-21-9-4-3-5-10-21/h3-7,9-10,12-13H,8,11,14-20H2,1-2H3. The molecule has 0 bridgehead atoms. The van der Waals surface area contributed by atoms with Crippen LogP contribution in [0.4, 0.5) is 0 Å². The van der Waals surface area contributed by atoms with Crippen LogP contribution in [0.5, 0.6) is 5.75 Å². The van der Waals surface area contributed by atoms with Crippen LogP contribution in [0.2, 0.25) is 0 Å². The van der Waals surface area contributed by atoms with E-state index in [0.29, 0.717) is 50.5 Å². The number of piperazine rings is 1. The van der Waals surface area contributed by atoms with Gasteiger partial charge in [-0.2, -0.15) is 0 Å². The zero-order valence-corrected chi connectivity index (χ0v) is 18.6. The third-order valence-electron chi connectivity index (χ3n) is 5.53. The molecule has 0 unspecified atom stereocenters. The maximum atomic E-state index is 13.1. The molecule has 0 saturated carbocycles. The Morgan fingerprint density at radius 3 is 2.26 bits per heavy atom. The highest BCUT2D eigenvalue weighted by molar-refractivity contribution is 5.97. The molecule has 1 aliphatic heterocycles. The average Bonchev–Trinajstić information content (AvgIpc) is 2.79. The van der Waals surface area contributed by atoms with Crippen LogP contribution in [0.3, 0.4) is 0 Å². The molecule has 1 fully saturated rings. The summed E-state index contributed by atoms with van der Waals surface area (Å²) in [5.41, 5.74) is 1.85. The summed E-state index contributed by atoms with van der Waals surface area (Å²) in [5, 5.41) is 0. The maximum Gasteiger partial charge on any atom is 0.257 e. The maximum absolute atomic E-state index is 13.1. The van der Waals surface area contributed by atoms with Crippen LogP contribution in [0.25, 0.3) is 0 Å². The van der Waals surface area contributed by atoms with Gasteiger partial charge >= 0.3 is 0 Å². The summed E-state index contributed by atoms with van der Waals surface area (Å²) in [6.45, 7) is 3.58. The molecule has 31 heavy (non-hydrogen) atoms. The van der Waals surface area contributed by atoms with Crippen molar-refractivity contribution in [3.8, 4) is 5.75 Å². The number of para-hydroxylation sites is 1. The number of benzene rings is 2. The van der Waals surface area contributed by atoms with Gasteiger partial charge in [0.1, 0.15) is 12.4 Å². The molecule has 1 heterocycles. The van der Waals surface area contributed by atoms with Gasteiger partial charge in [-0.05, 0) is 44.6 Å². The molecule has 2 amide bonds. The Hall–Kier alpha value is -2.86. The van der Waals surface area contributed by atoms with Gasteiger partial charge in [0.2, 0.25) is 5.91 Å². The Morgan fingerprint density at radius 1 is 0.903 bits per heavy atom. The highest BCUT2D eigenvalue weighted by atomic mass is 16.5. The van der Waals surface area contributed by atoms with Gasteiger partial charge in [-0.1, -0.05) is 42.5 Å². The second-order valence-electron chi connectivity index (χ2n) is 8.16. The number of hydrogen-bond donors (Lipinski definition) is 0. The van der Waals surface area contributed by atoms with Crippen LogP contribution in [0.15, 0.2) is 54.6 Å². The molecule has 0 spiro atoms. The summed E-state index contributed by atoms with van der Waals surface area (Å²) in [4.78, 5) is 31.4. The largest absolute Gasteiger partial charge is 0.491 e. The van der Waals surface area contributed by atoms with Crippen molar-refractivity contribution in [1.29, 1.82) is 0 Å². The highest BCUT2D eigenvalue weighted by Gasteiger charge is 2.26. The van der Waals surface area contributed by atoms with Gasteiger partial charge in [-0.3, -0.25) is 9.59 Å². The number of aryl methyl sites for hydroxylation is 1. The fourth-order valence-electron chi connectivity index (χ4n) is 3.68. The zero-order valence-electron chi connectivity index (χ0n) is 18.6. The van der Waals surface area contributed by atoms with Gasteiger partial charge in [0.25, 0.3) is 5.91 Å². The molecule has 6 nitrogen and oxygen atoms in total. The number of hydrogen-bond acceptors (Lipinski definition) is 4. The summed E-state index contributed by atoms with van der Waals surface area (Å²) < 4.78 is 5.85. The first-order chi connectivity index (χ1) is 15.0. The van der Waals surface area contributed by atoms with E-state index in [-0.39, 0.29) is 11.8 Å². The number of amides is 2. The lowest BCUT2D eigenvalue weighted by atomic mass is 10.1. The summed E-state index contributed by atoms with van der Waals surface area (Å²) >= 11 is 0. The van der Waals surface area contributed by atoms with Crippen LogP contribution in [0, 0.1) is 0 Å². The lowest BCUT2D eigenvalue weighted by Crippen LogP contribution is -2.50. The molecule has 1 aliphatic rings. The number of carbonyl (C=O) groups is 2. The SMILES string of the molecule is CN(C)CCOc1ccccc1C(=O)N1CCN(C(=O)CCCc2ccccc2)CC1. The van der Waals surface area contributed by atoms with E-state index >= 15 is 0 Å². The summed E-state index contributed by atoms with van der Waals surface area (Å²) in [5.74, 6) is 0.765. The predicted octanol–water partition coefficient (Wildman–Crippen LogP) is 2.93. The molecule has 3 rings (SSSR count). The quantitative estimate of drug-likeness (QED) is 0.622. The van der Waals surface area contributed by atoms with E-state index in [0.717, 1.165) is 19.4 Å². The number of carbonyl (C=O) groups excluding carboxylic acids is 2. The minimum atomic E-state index is -0.0309. The molecular weight excluding hydrogens is 390 g/mol. The van der Waals surface area contributed by atoms with E-state index < -0.39 is 0 Å². The van der Waals surface area contributed by atoms with Crippen molar-refractivity contribution >= 4 is 11.8 Å². The molecule has 6 heteroatoms. The van der Waals surface area contributed by atoms with E-state index in [1.54, 1.807) is 0 Å². The Balaban J connectivity index is 1.47. The minimum absolute atomic E-state index is 0.0309. The molecule has 0 radical (unpaired) electrons. The van der Waals surface area contributed by atoms with E-state index in [1.807, 2.05) is 71.3 Å². The number of likely N-dealkylation sites (N-methyl/N-ethyl adjacent to an activating group) is 1. The lowest BCUT2D eigenvalue weighted by Gasteiger charge is -2.35. The zero-order chi connectivity index (χ0) is 22.1. The Bertz CT molecular complexity index is 846. The molecule has 0 aromatic heterocycles. The van der Waals surface area contributed by atoms with Crippen LogP contribution in [-0.4, -0.2) is 79.9 Å². The minimum Gasteiger partial charge on any atom is -0.491 e. The summed E-state index contributed by atoms with van der Waals surface area (Å²) in [6, 6.07) is 17.6. The van der Waals surface area contributed by atoms with Crippen molar-refractivity contribution in [2.75, 3.05) is 53.4 Å². The Labute approximate surface area is 185 Å². The van der Waals surface area contributed by atoms with Crippen LogP contribution >= 0.6 is 0 Å². The van der Waals surface area contributed by atoms with Gasteiger partial charge in [-0.15, -0.1) is 0 Å². The summed E-state index contributed by atoms with van der Waals surface area (Å²) in [6.07, 6.45) is 2.31. The molecule has 2 aromatic rings. The molecule has 0 atom stereocenters. The van der Waals surface area contributed by atoms with E-state index in [1.165, 1.54) is 5.56 Å². The van der Waals surface area contributed by atoms with Gasteiger partial charge in [0, 0.05) is 39.1 Å². The topological polar surface area (TPSA) is 53.1 Å². The Morgan fingerprint density at radius 2 is 1.55 bits per heavy atom. The second kappa shape index (κ2) is 11.5. The number of ether oxygens (including phenoxy) is 1. The van der Waals surface area contributed by atoms with E-state index in [2.05, 4.69) is 12.1 Å². The van der Waals surface area contributed by atoms with Crippen molar-refractivity contribution in [1.82, 2.24) is 14.7 Å². The first kappa shape index (κ1) is 22.8. The van der Waals surface area contributed by atoms with Gasteiger partial charge in [0.05, 0.1) is 5.56 Å². The first-order valence-corrected chi connectivity index (χ1v) is 11.0.